The lowest BCUT2D eigenvalue weighted by Crippen LogP contribution is -2.35. The number of thioether (sulfide) groups is 1. The minimum Gasteiger partial charge on any atom is -0.494 e. The molecule has 0 saturated heterocycles. The summed E-state index contributed by atoms with van der Waals surface area (Å²) in [5.41, 5.74) is -3.26. The zero-order valence-corrected chi connectivity index (χ0v) is 24.1. The molecule has 0 spiro atoms. The van der Waals surface area contributed by atoms with E-state index < -0.39 is 70.2 Å². The molecule has 2 rings (SSSR count). The van der Waals surface area contributed by atoms with Gasteiger partial charge in [-0.1, -0.05) is 40.9 Å². The number of allylic oxidation sites excluding steroid dienone is 1. The number of benzene rings is 2. The Hall–Kier alpha value is -1.96. The van der Waals surface area contributed by atoms with Gasteiger partial charge < -0.3 is 10.1 Å². The molecule has 1 N–H and O–H groups in total. The zero-order chi connectivity index (χ0) is 31.3. The number of nitrogens with one attached hydrogen (secondary N) is 1. The van der Waals surface area contributed by atoms with Crippen LogP contribution in [0.4, 0.5) is 39.5 Å². The van der Waals surface area contributed by atoms with E-state index in [1.165, 1.54) is 13.8 Å². The average Bonchev–Trinajstić information content (AvgIpc) is 2.82. The summed E-state index contributed by atoms with van der Waals surface area (Å²) in [6.07, 6.45) is -14.0. The maximum Gasteiger partial charge on any atom is 0.417 e. The molecule has 0 radical (unpaired) electrons. The van der Waals surface area contributed by atoms with E-state index in [-0.39, 0.29) is 27.4 Å². The molecule has 0 aliphatic heterocycles. The summed E-state index contributed by atoms with van der Waals surface area (Å²) in [7, 11) is 0. The van der Waals surface area contributed by atoms with Crippen LogP contribution in [0.3, 0.4) is 0 Å². The molecule has 3 nitrogen and oxygen atoms in total. The lowest BCUT2D eigenvalue weighted by atomic mass is 9.95. The van der Waals surface area contributed by atoms with E-state index >= 15 is 0 Å². The van der Waals surface area contributed by atoms with Crippen LogP contribution in [0.15, 0.2) is 36.4 Å². The monoisotopic (exact) mass is 675 g/mol. The van der Waals surface area contributed by atoms with Crippen molar-refractivity contribution in [3.05, 3.63) is 73.7 Å². The lowest BCUT2D eigenvalue weighted by Gasteiger charge is -2.21. The van der Waals surface area contributed by atoms with Gasteiger partial charge in [-0.2, -0.15) is 51.3 Å². The third kappa shape index (κ3) is 10.4. The van der Waals surface area contributed by atoms with Gasteiger partial charge in [-0.3, -0.25) is 4.79 Å². The molecule has 0 saturated carbocycles. The van der Waals surface area contributed by atoms with Crippen LogP contribution in [0.1, 0.15) is 46.8 Å². The van der Waals surface area contributed by atoms with Crippen molar-refractivity contribution in [3.8, 4) is 0 Å². The molecular formula is C25H21Cl3F9NO2S. The molecule has 0 aliphatic carbocycles. The standard InChI is InChI=1S/C25H21Cl3F9NO2S/c1-3-40-20(9-16(24(32,33)34)14-7-18(26)21(28)19(27)8-14)13-4-5-15(17(6-13)25(35,36)37)22(39)38-12(2)10-41-11-23(29,30)31/h4-9,12,16H,3,10-11H2,1-2H3,(H,38,39)/b20-9-/t12-,16?/m1/s1. The number of amides is 1. The maximum atomic E-state index is 14.1. The number of rotatable bonds is 10. The molecule has 0 bridgehead atoms. The highest BCUT2D eigenvalue weighted by atomic mass is 35.5. The third-order valence-electron chi connectivity index (χ3n) is 5.20. The molecule has 0 aliphatic rings. The van der Waals surface area contributed by atoms with Crippen molar-refractivity contribution in [3.63, 3.8) is 0 Å². The Balaban J connectivity index is 2.52. The van der Waals surface area contributed by atoms with E-state index in [9.17, 15) is 44.3 Å². The fourth-order valence-electron chi connectivity index (χ4n) is 3.49. The van der Waals surface area contributed by atoms with Gasteiger partial charge in [0.05, 0.1) is 38.6 Å². The van der Waals surface area contributed by atoms with Crippen LogP contribution >= 0.6 is 46.6 Å². The van der Waals surface area contributed by atoms with E-state index in [0.29, 0.717) is 23.9 Å². The molecule has 0 heterocycles. The fourth-order valence-corrected chi connectivity index (χ4v) is 4.89. The van der Waals surface area contributed by atoms with Crippen LogP contribution in [-0.4, -0.2) is 42.4 Å². The molecule has 41 heavy (non-hydrogen) atoms. The summed E-state index contributed by atoms with van der Waals surface area (Å²) in [5.74, 6) is -5.69. The molecule has 1 amide bonds. The Morgan fingerprint density at radius 3 is 2.07 bits per heavy atom. The van der Waals surface area contributed by atoms with Gasteiger partial charge in [0.2, 0.25) is 0 Å². The second kappa shape index (κ2) is 14.0. The minimum absolute atomic E-state index is 0.191. The summed E-state index contributed by atoms with van der Waals surface area (Å²) < 4.78 is 126. The molecular weight excluding hydrogens is 656 g/mol. The van der Waals surface area contributed by atoms with E-state index in [1.807, 2.05) is 0 Å². The quantitative estimate of drug-likeness (QED) is 0.155. The topological polar surface area (TPSA) is 38.3 Å². The van der Waals surface area contributed by atoms with Gasteiger partial charge in [0, 0.05) is 17.4 Å². The molecule has 2 aromatic carbocycles. The van der Waals surface area contributed by atoms with Gasteiger partial charge in [0.15, 0.2) is 0 Å². The molecule has 1 unspecified atom stereocenters. The highest BCUT2D eigenvalue weighted by Gasteiger charge is 2.41. The SMILES string of the molecule is CCO/C(=C\C(c1cc(Cl)c(Cl)c(Cl)c1)C(F)(F)F)c1ccc(C(=O)N[C@H](C)CSCC(F)(F)F)c(C(F)(F)F)c1. The summed E-state index contributed by atoms with van der Waals surface area (Å²) in [5, 5.41) is 1.45. The summed E-state index contributed by atoms with van der Waals surface area (Å²) >= 11 is 18.0. The minimum atomic E-state index is -5.13. The van der Waals surface area contributed by atoms with Crippen molar-refractivity contribution >= 4 is 58.2 Å². The Morgan fingerprint density at radius 1 is 1.00 bits per heavy atom. The molecule has 228 valence electrons. The summed E-state index contributed by atoms with van der Waals surface area (Å²) in [4.78, 5) is 12.6. The van der Waals surface area contributed by atoms with Gasteiger partial charge in [-0.25, -0.2) is 0 Å². The number of carbonyl (C=O) groups excluding carboxylic acids is 1. The summed E-state index contributed by atoms with van der Waals surface area (Å²) in [6.45, 7) is 2.48. The van der Waals surface area contributed by atoms with E-state index in [1.54, 1.807) is 0 Å². The van der Waals surface area contributed by atoms with Crippen molar-refractivity contribution in [1.82, 2.24) is 5.32 Å². The number of hydrogen-bond donors (Lipinski definition) is 1. The molecule has 2 atom stereocenters. The highest BCUT2D eigenvalue weighted by Crippen LogP contribution is 2.43. The van der Waals surface area contributed by atoms with Crippen LogP contribution in [-0.2, 0) is 10.9 Å². The normalized spacial score (nSPS) is 14.5. The average molecular weight is 677 g/mol. The zero-order valence-electron chi connectivity index (χ0n) is 21.0. The van der Waals surface area contributed by atoms with Gasteiger partial charge in [-0.05, 0) is 49.8 Å². The molecule has 0 aromatic heterocycles. The van der Waals surface area contributed by atoms with Crippen LogP contribution < -0.4 is 5.32 Å². The first-order valence-corrected chi connectivity index (χ1v) is 13.8. The molecule has 16 heteroatoms. The van der Waals surface area contributed by atoms with Crippen molar-refractivity contribution in [2.24, 2.45) is 0 Å². The van der Waals surface area contributed by atoms with Crippen molar-refractivity contribution < 1.29 is 49.0 Å². The van der Waals surface area contributed by atoms with Crippen molar-refractivity contribution in [2.75, 3.05) is 18.1 Å². The fraction of sp³-hybridized carbons (Fsp3) is 0.400. The van der Waals surface area contributed by atoms with E-state index in [4.69, 9.17) is 39.5 Å². The van der Waals surface area contributed by atoms with Crippen LogP contribution in [0.5, 0.6) is 0 Å². The smallest absolute Gasteiger partial charge is 0.417 e. The Bertz CT molecular complexity index is 1240. The highest BCUT2D eigenvalue weighted by molar-refractivity contribution is 7.99. The number of ether oxygens (including phenoxy) is 1. The van der Waals surface area contributed by atoms with Crippen LogP contribution in [0.25, 0.3) is 5.76 Å². The Kier molecular flexibility index (Phi) is 12.0. The van der Waals surface area contributed by atoms with Gasteiger partial charge >= 0.3 is 18.5 Å². The predicted molar refractivity (Wildman–Crippen MR) is 142 cm³/mol. The predicted octanol–water partition coefficient (Wildman–Crippen LogP) is 9.80. The Labute approximate surface area is 248 Å². The number of alkyl halides is 9. The van der Waals surface area contributed by atoms with Gasteiger partial charge in [0.25, 0.3) is 5.91 Å². The first kappa shape index (κ1) is 35.2. The van der Waals surface area contributed by atoms with Crippen LogP contribution in [0, 0.1) is 0 Å². The first-order valence-electron chi connectivity index (χ1n) is 11.5. The molecule has 0 fully saturated rings. The largest absolute Gasteiger partial charge is 0.494 e. The number of hydrogen-bond acceptors (Lipinski definition) is 3. The lowest BCUT2D eigenvalue weighted by molar-refractivity contribution is -0.140. The second-order valence-corrected chi connectivity index (χ2v) is 10.8. The van der Waals surface area contributed by atoms with Crippen molar-refractivity contribution in [2.45, 2.75) is 44.3 Å². The van der Waals surface area contributed by atoms with Crippen LogP contribution in [0.2, 0.25) is 15.1 Å². The molecule has 2 aromatic rings. The third-order valence-corrected chi connectivity index (χ3v) is 7.66. The summed E-state index contributed by atoms with van der Waals surface area (Å²) in [6, 6.07) is 3.06. The number of carbonyl (C=O) groups is 1. The van der Waals surface area contributed by atoms with E-state index in [2.05, 4.69) is 5.32 Å². The van der Waals surface area contributed by atoms with E-state index in [0.717, 1.165) is 24.3 Å². The number of halogens is 12. The Morgan fingerprint density at radius 2 is 1.59 bits per heavy atom. The second-order valence-electron chi connectivity index (χ2n) is 8.54. The van der Waals surface area contributed by atoms with Gasteiger partial charge in [-0.15, -0.1) is 0 Å². The van der Waals surface area contributed by atoms with Gasteiger partial charge in [0.1, 0.15) is 11.7 Å². The first-order chi connectivity index (χ1) is 18.7. The maximum absolute atomic E-state index is 14.1. The van der Waals surface area contributed by atoms with Crippen molar-refractivity contribution in [1.29, 1.82) is 0 Å².